The van der Waals surface area contributed by atoms with Crippen molar-refractivity contribution < 1.29 is 14.3 Å². The number of nitrogens with zero attached hydrogens (tertiary/aromatic N) is 6. The van der Waals surface area contributed by atoms with E-state index in [2.05, 4.69) is 26.6 Å². The number of amides is 2. The SMILES string of the molecule is COCCN1CC[C@]2(CCN([C@@H]3CCc4cc(-c5cccc(-c6cccc(Nc7nc(C)cc8c7c(=O)n(C)c(=O)n8C)c6C)c5Cl)nc(OC)c43)C2)NC1=O. The van der Waals surface area contributed by atoms with E-state index < -0.39 is 11.2 Å². The molecule has 2 saturated heterocycles. The van der Waals surface area contributed by atoms with E-state index in [-0.39, 0.29) is 17.6 Å². The van der Waals surface area contributed by atoms with Crippen molar-refractivity contribution in [2.75, 3.05) is 52.3 Å². The van der Waals surface area contributed by atoms with Gasteiger partial charge in [0.05, 0.1) is 35.5 Å². The van der Waals surface area contributed by atoms with Crippen LogP contribution in [0, 0.1) is 13.8 Å². The Morgan fingerprint density at radius 1 is 0.964 bits per heavy atom. The van der Waals surface area contributed by atoms with E-state index in [4.69, 9.17) is 26.1 Å². The number of pyridine rings is 2. The Bertz CT molecular complexity index is 2520. The number of halogens is 1. The number of likely N-dealkylation sites (tertiary alicyclic amines) is 1. The molecule has 13 nitrogen and oxygen atoms in total. The summed E-state index contributed by atoms with van der Waals surface area (Å²) in [7, 11) is 6.45. The first kappa shape index (κ1) is 37.7. The number of carbonyl (C=O) groups excluding carboxylic acids is 1. The van der Waals surface area contributed by atoms with Gasteiger partial charge in [-0.2, -0.15) is 0 Å². The summed E-state index contributed by atoms with van der Waals surface area (Å²) in [5.74, 6) is 0.978. The summed E-state index contributed by atoms with van der Waals surface area (Å²) >= 11 is 7.30. The van der Waals surface area contributed by atoms with Crippen LogP contribution >= 0.6 is 11.6 Å². The van der Waals surface area contributed by atoms with Gasteiger partial charge in [-0.15, -0.1) is 0 Å². The minimum Gasteiger partial charge on any atom is -0.481 e. The Morgan fingerprint density at radius 2 is 1.71 bits per heavy atom. The molecule has 2 amide bonds. The summed E-state index contributed by atoms with van der Waals surface area (Å²) in [6.07, 6.45) is 3.64. The normalized spacial score (nSPS) is 19.5. The number of urea groups is 1. The molecule has 8 rings (SSSR count). The second kappa shape index (κ2) is 14.7. The molecule has 1 aliphatic carbocycles. The Balaban J connectivity index is 1.08. The van der Waals surface area contributed by atoms with Gasteiger partial charge in [0.1, 0.15) is 11.2 Å². The van der Waals surface area contributed by atoms with Crippen LogP contribution in [0.1, 0.15) is 47.7 Å². The molecule has 0 unspecified atom stereocenters. The third-order valence-electron chi connectivity index (χ3n) is 12.0. The van der Waals surface area contributed by atoms with E-state index in [9.17, 15) is 14.4 Å². The van der Waals surface area contributed by atoms with Gasteiger partial charge < -0.3 is 25.0 Å². The van der Waals surface area contributed by atoms with Crippen LogP contribution in [0.15, 0.2) is 58.1 Å². The van der Waals surface area contributed by atoms with Crippen LogP contribution in [0.3, 0.4) is 0 Å². The van der Waals surface area contributed by atoms with Crippen LogP contribution in [0.25, 0.3) is 33.3 Å². The lowest BCUT2D eigenvalue weighted by atomic mass is 9.92. The van der Waals surface area contributed by atoms with Gasteiger partial charge in [0.2, 0.25) is 5.88 Å². The molecule has 14 heteroatoms. The first-order valence-corrected chi connectivity index (χ1v) is 19.4. The maximum atomic E-state index is 13.3. The number of benzene rings is 2. The maximum absolute atomic E-state index is 13.3. The number of carbonyl (C=O) groups is 1. The third kappa shape index (κ3) is 6.41. The predicted molar refractivity (Wildman–Crippen MR) is 218 cm³/mol. The van der Waals surface area contributed by atoms with Crippen LogP contribution < -0.4 is 26.6 Å². The lowest BCUT2D eigenvalue weighted by molar-refractivity contribution is 0.114. The number of anilines is 2. The average molecular weight is 779 g/mol. The molecule has 5 heterocycles. The smallest absolute Gasteiger partial charge is 0.330 e. The van der Waals surface area contributed by atoms with Gasteiger partial charge in [-0.3, -0.25) is 18.8 Å². The van der Waals surface area contributed by atoms with E-state index in [0.717, 1.165) is 89.1 Å². The Hall–Kier alpha value is -5.24. The largest absolute Gasteiger partial charge is 0.481 e. The highest BCUT2D eigenvalue weighted by atomic mass is 35.5. The Morgan fingerprint density at radius 3 is 2.48 bits per heavy atom. The molecule has 5 aromatic rings. The van der Waals surface area contributed by atoms with Crippen molar-refractivity contribution in [3.8, 4) is 28.3 Å². The summed E-state index contributed by atoms with van der Waals surface area (Å²) in [4.78, 5) is 53.1. The molecule has 292 valence electrons. The third-order valence-corrected chi connectivity index (χ3v) is 12.4. The topological polar surface area (TPSA) is 136 Å². The number of rotatable bonds is 9. The van der Waals surface area contributed by atoms with Crippen molar-refractivity contribution in [3.05, 3.63) is 96.8 Å². The zero-order valence-electron chi connectivity index (χ0n) is 32.7. The molecular weight excluding hydrogens is 732 g/mol. The molecule has 56 heavy (non-hydrogen) atoms. The van der Waals surface area contributed by atoms with Crippen LogP contribution in [0.2, 0.25) is 5.02 Å². The molecule has 0 bridgehead atoms. The molecule has 2 aromatic carbocycles. The maximum Gasteiger partial charge on any atom is 0.330 e. The number of hydrogen-bond donors (Lipinski definition) is 2. The minimum absolute atomic E-state index is 0.0127. The lowest BCUT2D eigenvalue weighted by Gasteiger charge is -2.40. The fourth-order valence-corrected chi connectivity index (χ4v) is 9.21. The van der Waals surface area contributed by atoms with Gasteiger partial charge in [-0.25, -0.2) is 19.6 Å². The van der Waals surface area contributed by atoms with Crippen molar-refractivity contribution in [2.24, 2.45) is 14.1 Å². The van der Waals surface area contributed by atoms with E-state index in [1.54, 1.807) is 27.3 Å². The standard InChI is InChI=1S/C42H47ClN8O5/c1-24-21-33-35(39(52)49(4)41(54)48(33)3)37(44-24)45-30-12-8-9-27(25(30)2)28-10-7-11-29(36(28)43)31-22-26-13-14-32(34(26)38(46-31)56-6)51-18-16-42(23-51)15-17-50(19-20-55-5)40(53)47-42/h7-12,21-22,32H,13-20,23H2,1-6H3,(H,44,45)(H,47,53)/t32-,42-/m1/s1. The summed E-state index contributed by atoms with van der Waals surface area (Å²) in [5, 5.41) is 7.65. The highest BCUT2D eigenvalue weighted by Gasteiger charge is 2.46. The minimum atomic E-state index is -0.418. The molecule has 0 saturated carbocycles. The number of aromatic nitrogens is 4. The quantitative estimate of drug-likeness (QED) is 0.188. The van der Waals surface area contributed by atoms with Crippen molar-refractivity contribution >= 4 is 40.0 Å². The number of fused-ring (bicyclic) bond motifs is 2. The number of aryl methyl sites for hydroxylation is 3. The highest BCUT2D eigenvalue weighted by molar-refractivity contribution is 6.36. The molecular formula is C42H47ClN8O5. The fraction of sp³-hybridized carbons (Fsp3) is 0.405. The van der Waals surface area contributed by atoms with E-state index in [1.165, 1.54) is 17.2 Å². The zero-order valence-corrected chi connectivity index (χ0v) is 33.4. The zero-order chi connectivity index (χ0) is 39.5. The Kier molecular flexibility index (Phi) is 9.88. The molecule has 3 aliphatic rings. The number of hydrogen-bond acceptors (Lipinski definition) is 9. The second-order valence-electron chi connectivity index (χ2n) is 15.3. The molecule has 2 N–H and O–H groups in total. The summed E-state index contributed by atoms with van der Waals surface area (Å²) in [6.45, 7) is 7.37. The van der Waals surface area contributed by atoms with Crippen molar-refractivity contribution in [1.82, 2.24) is 34.2 Å². The van der Waals surface area contributed by atoms with Crippen LogP contribution in [0.5, 0.6) is 5.88 Å². The van der Waals surface area contributed by atoms with Crippen molar-refractivity contribution in [2.45, 2.75) is 51.1 Å². The number of ether oxygens (including phenoxy) is 2. The van der Waals surface area contributed by atoms with Crippen molar-refractivity contribution in [1.29, 1.82) is 0 Å². The highest BCUT2D eigenvalue weighted by Crippen LogP contribution is 2.47. The first-order chi connectivity index (χ1) is 26.9. The van der Waals surface area contributed by atoms with E-state index in [1.807, 2.05) is 55.1 Å². The Labute approximate surface area is 330 Å². The monoisotopic (exact) mass is 778 g/mol. The molecule has 3 aromatic heterocycles. The fourth-order valence-electron chi connectivity index (χ4n) is 8.88. The van der Waals surface area contributed by atoms with Gasteiger partial charge in [0.25, 0.3) is 5.56 Å². The van der Waals surface area contributed by atoms with Crippen molar-refractivity contribution in [3.63, 3.8) is 0 Å². The summed E-state index contributed by atoms with van der Waals surface area (Å²) in [5.41, 5.74) is 7.39. The number of nitrogens with one attached hydrogen (secondary N) is 2. The summed E-state index contributed by atoms with van der Waals surface area (Å²) in [6, 6.07) is 15.9. The van der Waals surface area contributed by atoms with Gasteiger partial charge >= 0.3 is 11.7 Å². The molecule has 2 atom stereocenters. The first-order valence-electron chi connectivity index (χ1n) is 19.0. The lowest BCUT2D eigenvalue weighted by Crippen LogP contribution is -2.61. The van der Waals surface area contributed by atoms with Gasteiger partial charge in [-0.05, 0) is 74.4 Å². The van der Waals surface area contributed by atoms with Crippen LogP contribution in [0.4, 0.5) is 16.3 Å². The molecule has 2 fully saturated rings. The summed E-state index contributed by atoms with van der Waals surface area (Å²) < 4.78 is 13.8. The van der Waals surface area contributed by atoms with Gasteiger partial charge in [-0.1, -0.05) is 41.9 Å². The molecule has 1 spiro atoms. The average Bonchev–Trinajstić information content (AvgIpc) is 3.80. The van der Waals surface area contributed by atoms with Crippen LogP contribution in [-0.2, 0) is 25.3 Å². The molecule has 0 radical (unpaired) electrons. The van der Waals surface area contributed by atoms with E-state index >= 15 is 0 Å². The van der Waals surface area contributed by atoms with E-state index in [0.29, 0.717) is 46.5 Å². The number of methoxy groups -OCH3 is 2. The molecule has 2 aliphatic heterocycles. The van der Waals surface area contributed by atoms with Crippen LogP contribution in [-0.4, -0.2) is 87.5 Å². The second-order valence-corrected chi connectivity index (χ2v) is 15.7. The van der Waals surface area contributed by atoms with Gasteiger partial charge in [0.15, 0.2) is 0 Å². The van der Waals surface area contributed by atoms with Gasteiger partial charge in [0, 0.05) is 81.5 Å². The predicted octanol–water partition coefficient (Wildman–Crippen LogP) is 5.88.